The number of benzene rings is 1. The Balaban J connectivity index is 2.48. The number of carbonyl (C=O) groups is 1. The number of carbonyl (C=O) groups excluding carboxylic acids is 1. The standard InChI is InChI=1S/C10H12N2O2S/c1-7(2)12-10(13)8-5-3-4-6-9(8)11-15(12)14/h3-7,11H,1-2H3. The van der Waals surface area contributed by atoms with Gasteiger partial charge in [-0.05, 0) is 26.0 Å². The van der Waals surface area contributed by atoms with Crippen molar-refractivity contribution < 1.29 is 9.00 Å². The summed E-state index contributed by atoms with van der Waals surface area (Å²) in [6.45, 7) is 3.68. The molecule has 15 heavy (non-hydrogen) atoms. The van der Waals surface area contributed by atoms with Crippen LogP contribution in [0.1, 0.15) is 24.2 Å². The van der Waals surface area contributed by atoms with Crippen LogP contribution >= 0.6 is 0 Å². The van der Waals surface area contributed by atoms with Crippen LogP contribution in [0.25, 0.3) is 0 Å². The molecule has 1 aliphatic rings. The van der Waals surface area contributed by atoms with Gasteiger partial charge >= 0.3 is 0 Å². The van der Waals surface area contributed by atoms with E-state index in [1.165, 1.54) is 4.31 Å². The lowest BCUT2D eigenvalue weighted by molar-refractivity contribution is 0.0841. The second kappa shape index (κ2) is 3.66. The number of para-hydroxylation sites is 1. The minimum absolute atomic E-state index is 0.0841. The van der Waals surface area contributed by atoms with Crippen LogP contribution in [0.3, 0.4) is 0 Å². The van der Waals surface area contributed by atoms with E-state index < -0.39 is 11.2 Å². The Hall–Kier alpha value is -1.36. The van der Waals surface area contributed by atoms with Gasteiger partial charge in [-0.25, -0.2) is 8.51 Å². The van der Waals surface area contributed by atoms with Gasteiger partial charge < -0.3 is 0 Å². The number of nitrogens with zero attached hydrogens (tertiary/aromatic N) is 1. The summed E-state index contributed by atoms with van der Waals surface area (Å²) in [6, 6.07) is 7.00. The maximum Gasteiger partial charge on any atom is 0.269 e. The summed E-state index contributed by atoms with van der Waals surface area (Å²) in [6.07, 6.45) is 0. The number of hydrogen-bond acceptors (Lipinski definition) is 2. The van der Waals surface area contributed by atoms with Gasteiger partial charge in [0.2, 0.25) is 11.2 Å². The van der Waals surface area contributed by atoms with Crippen LogP contribution < -0.4 is 4.72 Å². The highest BCUT2D eigenvalue weighted by Crippen LogP contribution is 2.25. The number of nitrogens with one attached hydrogen (secondary N) is 1. The van der Waals surface area contributed by atoms with Crippen LogP contribution in [0.2, 0.25) is 0 Å². The van der Waals surface area contributed by atoms with Crippen LogP contribution in [-0.2, 0) is 11.2 Å². The van der Waals surface area contributed by atoms with E-state index in [9.17, 15) is 9.00 Å². The normalized spacial score (nSPS) is 20.1. The summed E-state index contributed by atoms with van der Waals surface area (Å²) in [7, 11) is 0. The van der Waals surface area contributed by atoms with Crippen molar-refractivity contribution in [1.82, 2.24) is 4.31 Å². The van der Waals surface area contributed by atoms with E-state index in [2.05, 4.69) is 4.72 Å². The van der Waals surface area contributed by atoms with Gasteiger partial charge in [0.05, 0.1) is 11.3 Å². The zero-order valence-electron chi connectivity index (χ0n) is 8.56. The third kappa shape index (κ3) is 1.63. The van der Waals surface area contributed by atoms with Crippen molar-refractivity contribution in [3.8, 4) is 0 Å². The molecule has 0 fully saturated rings. The highest BCUT2D eigenvalue weighted by atomic mass is 32.2. The molecular formula is C10H12N2O2S. The summed E-state index contributed by atoms with van der Waals surface area (Å²) in [5, 5.41) is 0. The smallest absolute Gasteiger partial charge is 0.269 e. The summed E-state index contributed by atoms with van der Waals surface area (Å²) in [5.41, 5.74) is 1.21. The van der Waals surface area contributed by atoms with Crippen LogP contribution in [0.4, 0.5) is 5.69 Å². The Morgan fingerprint density at radius 2 is 2.00 bits per heavy atom. The van der Waals surface area contributed by atoms with E-state index in [0.717, 1.165) is 0 Å². The molecule has 1 aromatic carbocycles. The van der Waals surface area contributed by atoms with Crippen molar-refractivity contribution in [2.45, 2.75) is 19.9 Å². The Morgan fingerprint density at radius 3 is 2.67 bits per heavy atom. The quantitative estimate of drug-likeness (QED) is 0.786. The predicted molar refractivity (Wildman–Crippen MR) is 59.5 cm³/mol. The van der Waals surface area contributed by atoms with Crippen LogP contribution in [0.5, 0.6) is 0 Å². The van der Waals surface area contributed by atoms with Gasteiger partial charge in [-0.3, -0.25) is 9.52 Å². The average molecular weight is 224 g/mol. The lowest BCUT2D eigenvalue weighted by Gasteiger charge is -2.30. The average Bonchev–Trinajstić information content (AvgIpc) is 2.17. The number of fused-ring (bicyclic) bond motifs is 1. The molecule has 2 rings (SSSR count). The molecule has 1 aliphatic heterocycles. The topological polar surface area (TPSA) is 49.4 Å². The first kappa shape index (κ1) is 10.2. The number of rotatable bonds is 1. The fraction of sp³-hybridized carbons (Fsp3) is 0.300. The Bertz CT molecular complexity index is 431. The van der Waals surface area contributed by atoms with Gasteiger partial charge in [0.25, 0.3) is 5.91 Å². The molecule has 0 bridgehead atoms. The molecule has 5 heteroatoms. The predicted octanol–water partition coefficient (Wildman–Crippen LogP) is 1.54. The van der Waals surface area contributed by atoms with Gasteiger partial charge in [0.15, 0.2) is 0 Å². The van der Waals surface area contributed by atoms with E-state index in [-0.39, 0.29) is 11.9 Å². The molecule has 0 spiro atoms. The molecule has 0 saturated carbocycles. The number of hydrogen-bond donors (Lipinski definition) is 1. The molecule has 0 aliphatic carbocycles. The van der Waals surface area contributed by atoms with E-state index >= 15 is 0 Å². The molecule has 0 saturated heterocycles. The third-order valence-corrected chi connectivity index (χ3v) is 3.54. The Morgan fingerprint density at radius 1 is 1.33 bits per heavy atom. The molecular weight excluding hydrogens is 212 g/mol. The monoisotopic (exact) mass is 224 g/mol. The Kier molecular flexibility index (Phi) is 2.48. The van der Waals surface area contributed by atoms with Crippen LogP contribution in [0.15, 0.2) is 24.3 Å². The van der Waals surface area contributed by atoms with Gasteiger partial charge in [0.1, 0.15) is 0 Å². The third-order valence-electron chi connectivity index (χ3n) is 2.20. The van der Waals surface area contributed by atoms with Gasteiger partial charge in [0, 0.05) is 6.04 Å². The lowest BCUT2D eigenvalue weighted by Crippen LogP contribution is -2.44. The second-order valence-electron chi connectivity index (χ2n) is 3.62. The molecule has 0 aromatic heterocycles. The van der Waals surface area contributed by atoms with Gasteiger partial charge in [-0.15, -0.1) is 0 Å². The first-order chi connectivity index (χ1) is 7.11. The first-order valence-electron chi connectivity index (χ1n) is 4.72. The highest BCUT2D eigenvalue weighted by molar-refractivity contribution is 7.84. The van der Waals surface area contributed by atoms with Gasteiger partial charge in [-0.1, -0.05) is 12.1 Å². The van der Waals surface area contributed by atoms with Crippen molar-refractivity contribution in [3.05, 3.63) is 29.8 Å². The van der Waals surface area contributed by atoms with Crippen molar-refractivity contribution in [1.29, 1.82) is 0 Å². The van der Waals surface area contributed by atoms with Crippen molar-refractivity contribution in [3.63, 3.8) is 0 Å². The summed E-state index contributed by atoms with van der Waals surface area (Å²) < 4.78 is 15.8. The second-order valence-corrected chi connectivity index (χ2v) is 4.72. The fourth-order valence-corrected chi connectivity index (χ4v) is 2.62. The van der Waals surface area contributed by atoms with Crippen molar-refractivity contribution in [2.24, 2.45) is 0 Å². The summed E-state index contributed by atoms with van der Waals surface area (Å²) in [4.78, 5) is 12.0. The molecule has 1 unspecified atom stereocenters. The molecule has 1 aromatic rings. The Labute approximate surface area is 91.0 Å². The molecule has 1 N–H and O–H groups in total. The maximum absolute atomic E-state index is 12.0. The zero-order chi connectivity index (χ0) is 11.0. The van der Waals surface area contributed by atoms with E-state index in [4.69, 9.17) is 0 Å². The zero-order valence-corrected chi connectivity index (χ0v) is 9.38. The van der Waals surface area contributed by atoms with Gasteiger partial charge in [-0.2, -0.15) is 0 Å². The van der Waals surface area contributed by atoms with Crippen molar-refractivity contribution >= 4 is 22.8 Å². The lowest BCUT2D eigenvalue weighted by atomic mass is 10.1. The van der Waals surface area contributed by atoms with Crippen LogP contribution in [0, 0.1) is 0 Å². The summed E-state index contributed by atoms with van der Waals surface area (Å²) >= 11 is -1.47. The van der Waals surface area contributed by atoms with E-state index in [1.807, 2.05) is 13.8 Å². The molecule has 1 atom stereocenters. The van der Waals surface area contributed by atoms with Crippen LogP contribution in [-0.4, -0.2) is 20.5 Å². The van der Waals surface area contributed by atoms with E-state index in [0.29, 0.717) is 11.3 Å². The maximum atomic E-state index is 12.0. The van der Waals surface area contributed by atoms with Crippen molar-refractivity contribution in [2.75, 3.05) is 4.72 Å². The molecule has 0 radical (unpaired) electrons. The molecule has 1 amide bonds. The summed E-state index contributed by atoms with van der Waals surface area (Å²) in [5.74, 6) is -0.183. The largest absolute Gasteiger partial charge is 0.287 e. The SMILES string of the molecule is CC(C)N1C(=O)c2ccccc2NS1=O. The molecule has 1 heterocycles. The van der Waals surface area contributed by atoms with E-state index in [1.54, 1.807) is 24.3 Å². The first-order valence-corrected chi connectivity index (χ1v) is 5.83. The number of anilines is 1. The number of amides is 1. The highest BCUT2D eigenvalue weighted by Gasteiger charge is 2.31. The minimum Gasteiger partial charge on any atom is -0.287 e. The fourth-order valence-electron chi connectivity index (χ4n) is 1.52. The molecule has 80 valence electrons. The minimum atomic E-state index is -1.47. The molecule has 4 nitrogen and oxygen atoms in total.